The van der Waals surface area contributed by atoms with Gasteiger partial charge in [-0.15, -0.1) is 0 Å². The molecule has 1 unspecified atom stereocenters. The van der Waals surface area contributed by atoms with Crippen LogP contribution in [0.3, 0.4) is 0 Å². The molecule has 0 aromatic heterocycles. The Bertz CT molecular complexity index is 389. The lowest BCUT2D eigenvalue weighted by Gasteiger charge is -2.16. The quantitative estimate of drug-likeness (QED) is 0.930. The number of hydrogen-bond acceptors (Lipinski definition) is 3. The molecule has 1 saturated heterocycles. The predicted octanol–water partition coefficient (Wildman–Crippen LogP) is 2.77. The van der Waals surface area contributed by atoms with Crippen molar-refractivity contribution >= 4 is 15.9 Å². The van der Waals surface area contributed by atoms with E-state index in [1.165, 1.54) is 0 Å². The van der Waals surface area contributed by atoms with Gasteiger partial charge in [-0.2, -0.15) is 0 Å². The molecule has 4 heteroatoms. The summed E-state index contributed by atoms with van der Waals surface area (Å²) in [6.07, 6.45) is 2.47. The third-order valence-electron chi connectivity index (χ3n) is 2.97. The van der Waals surface area contributed by atoms with E-state index in [2.05, 4.69) is 15.9 Å². The number of benzene rings is 1. The Kier molecular flexibility index (Phi) is 4.42. The molecular weight excluding hydrogens is 282 g/mol. The van der Waals surface area contributed by atoms with Crippen LogP contribution in [0.2, 0.25) is 0 Å². The fourth-order valence-electron chi connectivity index (χ4n) is 2.11. The van der Waals surface area contributed by atoms with Gasteiger partial charge in [0.1, 0.15) is 12.4 Å². The van der Waals surface area contributed by atoms with E-state index in [1.807, 2.05) is 19.1 Å². The summed E-state index contributed by atoms with van der Waals surface area (Å²) in [6, 6.07) is 4.06. The summed E-state index contributed by atoms with van der Waals surface area (Å²) in [5.41, 5.74) is 7.89. The number of aryl methyl sites for hydroxylation is 1. The highest BCUT2D eigenvalue weighted by molar-refractivity contribution is 9.10. The van der Waals surface area contributed by atoms with Gasteiger partial charge in [-0.3, -0.25) is 0 Å². The molecule has 0 radical (unpaired) electrons. The summed E-state index contributed by atoms with van der Waals surface area (Å²) >= 11 is 3.47. The molecule has 0 saturated carbocycles. The SMILES string of the molecule is Cc1cc(Br)cc(CN)c1OCC1CCCO1. The Labute approximate surface area is 110 Å². The lowest BCUT2D eigenvalue weighted by molar-refractivity contribution is 0.0674. The molecule has 1 aliphatic rings. The zero-order valence-corrected chi connectivity index (χ0v) is 11.6. The first-order valence-corrected chi connectivity index (χ1v) is 6.73. The van der Waals surface area contributed by atoms with Crippen LogP contribution in [0.25, 0.3) is 0 Å². The topological polar surface area (TPSA) is 44.5 Å². The second-order valence-corrected chi connectivity index (χ2v) is 5.28. The zero-order valence-electron chi connectivity index (χ0n) is 10.0. The summed E-state index contributed by atoms with van der Waals surface area (Å²) in [7, 11) is 0. The maximum atomic E-state index is 5.87. The number of halogens is 1. The van der Waals surface area contributed by atoms with Crippen LogP contribution in [-0.4, -0.2) is 19.3 Å². The molecule has 0 amide bonds. The van der Waals surface area contributed by atoms with Gasteiger partial charge >= 0.3 is 0 Å². The average Bonchev–Trinajstić information content (AvgIpc) is 2.79. The standard InChI is InChI=1S/C13H18BrNO2/c1-9-5-11(14)6-10(7-15)13(9)17-8-12-3-2-4-16-12/h5-6,12H,2-4,7-8,15H2,1H3. The van der Waals surface area contributed by atoms with Crippen molar-refractivity contribution in [3.05, 3.63) is 27.7 Å². The molecule has 0 aliphatic carbocycles. The van der Waals surface area contributed by atoms with Crippen LogP contribution in [-0.2, 0) is 11.3 Å². The van der Waals surface area contributed by atoms with E-state index in [9.17, 15) is 0 Å². The highest BCUT2D eigenvalue weighted by Crippen LogP contribution is 2.28. The molecule has 94 valence electrons. The fourth-order valence-corrected chi connectivity index (χ4v) is 2.73. The molecule has 17 heavy (non-hydrogen) atoms. The van der Waals surface area contributed by atoms with Crippen molar-refractivity contribution in [2.45, 2.75) is 32.4 Å². The van der Waals surface area contributed by atoms with Crippen molar-refractivity contribution in [1.29, 1.82) is 0 Å². The van der Waals surface area contributed by atoms with Gasteiger partial charge < -0.3 is 15.2 Å². The molecule has 2 rings (SSSR count). The fraction of sp³-hybridized carbons (Fsp3) is 0.538. The number of rotatable bonds is 4. The molecular formula is C13H18BrNO2. The molecule has 1 fully saturated rings. The van der Waals surface area contributed by atoms with E-state index in [0.717, 1.165) is 40.8 Å². The minimum absolute atomic E-state index is 0.240. The smallest absolute Gasteiger partial charge is 0.126 e. The van der Waals surface area contributed by atoms with Crippen molar-refractivity contribution < 1.29 is 9.47 Å². The van der Waals surface area contributed by atoms with E-state index in [4.69, 9.17) is 15.2 Å². The van der Waals surface area contributed by atoms with E-state index in [0.29, 0.717) is 13.2 Å². The van der Waals surface area contributed by atoms with Crippen molar-refractivity contribution in [2.75, 3.05) is 13.2 Å². The maximum Gasteiger partial charge on any atom is 0.126 e. The largest absolute Gasteiger partial charge is 0.490 e. The first-order chi connectivity index (χ1) is 8.20. The van der Waals surface area contributed by atoms with Gasteiger partial charge in [0.05, 0.1) is 6.10 Å². The second kappa shape index (κ2) is 5.85. The molecule has 0 spiro atoms. The van der Waals surface area contributed by atoms with Crippen LogP contribution in [0.5, 0.6) is 5.75 Å². The first kappa shape index (κ1) is 12.9. The zero-order chi connectivity index (χ0) is 12.3. The normalized spacial score (nSPS) is 19.6. The number of ether oxygens (including phenoxy) is 2. The summed E-state index contributed by atoms with van der Waals surface area (Å²) in [6.45, 7) is 4.00. The second-order valence-electron chi connectivity index (χ2n) is 4.36. The lowest BCUT2D eigenvalue weighted by atomic mass is 10.1. The van der Waals surface area contributed by atoms with E-state index < -0.39 is 0 Å². The highest BCUT2D eigenvalue weighted by Gasteiger charge is 2.17. The van der Waals surface area contributed by atoms with Crippen molar-refractivity contribution in [3.8, 4) is 5.75 Å². The summed E-state index contributed by atoms with van der Waals surface area (Å²) in [5, 5.41) is 0. The van der Waals surface area contributed by atoms with E-state index in [-0.39, 0.29) is 6.10 Å². The van der Waals surface area contributed by atoms with Crippen molar-refractivity contribution in [1.82, 2.24) is 0 Å². The predicted molar refractivity (Wildman–Crippen MR) is 71.2 cm³/mol. The van der Waals surface area contributed by atoms with Gasteiger partial charge in [0.25, 0.3) is 0 Å². The van der Waals surface area contributed by atoms with Gasteiger partial charge in [-0.25, -0.2) is 0 Å². The molecule has 1 aromatic carbocycles. The van der Waals surface area contributed by atoms with Crippen LogP contribution in [0.1, 0.15) is 24.0 Å². The molecule has 1 aromatic rings. The van der Waals surface area contributed by atoms with Gasteiger partial charge in [-0.1, -0.05) is 15.9 Å². The molecule has 1 aliphatic heterocycles. The summed E-state index contributed by atoms with van der Waals surface area (Å²) in [4.78, 5) is 0. The molecule has 1 atom stereocenters. The Balaban J connectivity index is 2.08. The van der Waals surface area contributed by atoms with Crippen molar-refractivity contribution in [2.24, 2.45) is 5.73 Å². The Morgan fingerprint density at radius 3 is 3.00 bits per heavy atom. The maximum absolute atomic E-state index is 5.87. The average molecular weight is 300 g/mol. The Hall–Kier alpha value is -0.580. The van der Waals surface area contributed by atoms with Gasteiger partial charge in [0.15, 0.2) is 0 Å². The molecule has 3 nitrogen and oxygen atoms in total. The highest BCUT2D eigenvalue weighted by atomic mass is 79.9. The van der Waals surface area contributed by atoms with E-state index >= 15 is 0 Å². The van der Waals surface area contributed by atoms with Crippen molar-refractivity contribution in [3.63, 3.8) is 0 Å². The van der Waals surface area contributed by atoms with Crippen LogP contribution in [0.4, 0.5) is 0 Å². The van der Waals surface area contributed by atoms with Crippen LogP contribution in [0.15, 0.2) is 16.6 Å². The summed E-state index contributed by atoms with van der Waals surface area (Å²) in [5.74, 6) is 0.909. The molecule has 1 heterocycles. The Morgan fingerprint density at radius 2 is 2.35 bits per heavy atom. The minimum Gasteiger partial charge on any atom is -0.490 e. The molecule has 2 N–H and O–H groups in total. The van der Waals surface area contributed by atoms with Gasteiger partial charge in [0.2, 0.25) is 0 Å². The Morgan fingerprint density at radius 1 is 1.53 bits per heavy atom. The monoisotopic (exact) mass is 299 g/mol. The van der Waals surface area contributed by atoms with Crippen LogP contribution in [0, 0.1) is 6.92 Å². The molecule has 0 bridgehead atoms. The third-order valence-corrected chi connectivity index (χ3v) is 3.43. The van der Waals surface area contributed by atoms with Crippen LogP contribution >= 0.6 is 15.9 Å². The lowest BCUT2D eigenvalue weighted by Crippen LogP contribution is -2.17. The van der Waals surface area contributed by atoms with Crippen LogP contribution < -0.4 is 10.5 Å². The number of nitrogens with two attached hydrogens (primary N) is 1. The minimum atomic E-state index is 0.240. The third kappa shape index (κ3) is 3.21. The number of hydrogen-bond donors (Lipinski definition) is 1. The first-order valence-electron chi connectivity index (χ1n) is 5.94. The summed E-state index contributed by atoms with van der Waals surface area (Å²) < 4.78 is 12.5. The van der Waals surface area contributed by atoms with Gasteiger partial charge in [-0.05, 0) is 37.5 Å². The van der Waals surface area contributed by atoms with E-state index in [1.54, 1.807) is 0 Å². The van der Waals surface area contributed by atoms with Gasteiger partial charge in [0, 0.05) is 23.2 Å².